The minimum Gasteiger partial charge on any atom is -0.497 e. The second-order valence-electron chi connectivity index (χ2n) is 6.07. The number of hydrogen-bond donors (Lipinski definition) is 1. The Morgan fingerprint density at radius 2 is 2.30 bits per heavy atom. The van der Waals surface area contributed by atoms with Crippen molar-refractivity contribution in [1.29, 1.82) is 0 Å². The van der Waals surface area contributed by atoms with E-state index in [2.05, 4.69) is 47.2 Å². The van der Waals surface area contributed by atoms with Gasteiger partial charge in [0.05, 0.1) is 12.6 Å². The molecule has 0 radical (unpaired) electrons. The van der Waals surface area contributed by atoms with Crippen LogP contribution in [-0.2, 0) is 0 Å². The molecule has 0 spiro atoms. The molecule has 120 valence electrons. The molecule has 0 aliphatic carbocycles. The number of fused-ring (bicyclic) bond motifs is 1. The second-order valence-corrected chi connectivity index (χ2v) is 6.07. The Bertz CT molecular complexity index is 708. The first-order chi connectivity index (χ1) is 11.3. The summed E-state index contributed by atoms with van der Waals surface area (Å²) in [6.45, 7) is 6.14. The van der Waals surface area contributed by atoms with E-state index in [0.717, 1.165) is 36.2 Å². The van der Waals surface area contributed by atoms with Gasteiger partial charge < -0.3 is 10.1 Å². The van der Waals surface area contributed by atoms with E-state index in [9.17, 15) is 0 Å². The highest BCUT2D eigenvalue weighted by Gasteiger charge is 2.20. The summed E-state index contributed by atoms with van der Waals surface area (Å²) in [4.78, 5) is 4.43. The van der Waals surface area contributed by atoms with Crippen molar-refractivity contribution >= 4 is 17.0 Å². The van der Waals surface area contributed by atoms with Crippen molar-refractivity contribution in [3.63, 3.8) is 0 Å². The van der Waals surface area contributed by atoms with Crippen LogP contribution in [0.25, 0.3) is 17.0 Å². The number of nitrogens with zero attached hydrogens (tertiary/aromatic N) is 1. The van der Waals surface area contributed by atoms with Gasteiger partial charge in [0.2, 0.25) is 0 Å². The number of hydrogen-bond acceptors (Lipinski definition) is 3. The number of aromatic nitrogens is 1. The third-order valence-electron chi connectivity index (χ3n) is 4.70. The summed E-state index contributed by atoms with van der Waals surface area (Å²) >= 11 is 0. The summed E-state index contributed by atoms with van der Waals surface area (Å²) in [6, 6.07) is 8.07. The van der Waals surface area contributed by atoms with Crippen LogP contribution < -0.4 is 10.1 Å². The second kappa shape index (κ2) is 7.42. The molecule has 3 heteroatoms. The van der Waals surface area contributed by atoms with Gasteiger partial charge in [0.1, 0.15) is 5.75 Å². The Balaban J connectivity index is 1.79. The normalized spacial score (nSPS) is 21.6. The molecule has 1 saturated heterocycles. The van der Waals surface area contributed by atoms with Crippen molar-refractivity contribution in [1.82, 2.24) is 10.3 Å². The number of rotatable bonds is 5. The Morgan fingerprint density at radius 1 is 1.39 bits per heavy atom. The molecule has 1 aromatic carbocycles. The predicted octanol–water partition coefficient (Wildman–Crippen LogP) is 4.06. The zero-order valence-electron chi connectivity index (χ0n) is 13.7. The van der Waals surface area contributed by atoms with Crippen molar-refractivity contribution in [3.05, 3.63) is 54.8 Å². The van der Waals surface area contributed by atoms with Crippen molar-refractivity contribution < 1.29 is 4.74 Å². The van der Waals surface area contributed by atoms with Gasteiger partial charge in [0.25, 0.3) is 0 Å². The molecule has 1 aliphatic heterocycles. The molecule has 2 heterocycles. The van der Waals surface area contributed by atoms with Gasteiger partial charge in [-0.25, -0.2) is 0 Å². The highest BCUT2D eigenvalue weighted by atomic mass is 16.5. The van der Waals surface area contributed by atoms with Crippen LogP contribution >= 0.6 is 0 Å². The van der Waals surface area contributed by atoms with E-state index in [-0.39, 0.29) is 0 Å². The Morgan fingerprint density at radius 3 is 3.13 bits per heavy atom. The number of piperidine rings is 1. The topological polar surface area (TPSA) is 34.2 Å². The fraction of sp³-hybridized carbons (Fsp3) is 0.350. The first-order valence-electron chi connectivity index (χ1n) is 8.24. The first-order valence-corrected chi connectivity index (χ1v) is 8.24. The van der Waals surface area contributed by atoms with Crippen molar-refractivity contribution in [2.24, 2.45) is 11.8 Å². The van der Waals surface area contributed by atoms with E-state index in [1.807, 2.05) is 18.3 Å². The number of methoxy groups -OCH3 is 1. The monoisotopic (exact) mass is 308 g/mol. The zero-order chi connectivity index (χ0) is 16.1. The van der Waals surface area contributed by atoms with Crippen LogP contribution in [0.5, 0.6) is 5.75 Å². The lowest BCUT2D eigenvalue weighted by Gasteiger charge is -2.29. The summed E-state index contributed by atoms with van der Waals surface area (Å²) in [5.41, 5.74) is 2.19. The number of allylic oxidation sites excluding steroid dienone is 1. The molecule has 0 amide bonds. The molecule has 23 heavy (non-hydrogen) atoms. The van der Waals surface area contributed by atoms with Crippen LogP contribution in [0.1, 0.15) is 18.4 Å². The molecule has 0 bridgehead atoms. The van der Waals surface area contributed by atoms with E-state index in [1.54, 1.807) is 7.11 Å². The van der Waals surface area contributed by atoms with Crippen LogP contribution in [0.15, 0.2) is 49.2 Å². The summed E-state index contributed by atoms with van der Waals surface area (Å²) in [7, 11) is 1.69. The lowest BCUT2D eigenvalue weighted by Crippen LogP contribution is -2.35. The van der Waals surface area contributed by atoms with Crippen molar-refractivity contribution in [3.8, 4) is 5.75 Å². The number of benzene rings is 1. The van der Waals surface area contributed by atoms with Gasteiger partial charge in [0, 0.05) is 18.1 Å². The molecule has 1 aliphatic rings. The molecule has 3 rings (SSSR count). The average molecular weight is 308 g/mol. The molecule has 2 aromatic rings. The molecule has 2 atom stereocenters. The van der Waals surface area contributed by atoms with Crippen LogP contribution in [-0.4, -0.2) is 25.2 Å². The van der Waals surface area contributed by atoms with E-state index in [1.165, 1.54) is 12.0 Å². The van der Waals surface area contributed by atoms with E-state index in [4.69, 9.17) is 4.74 Å². The van der Waals surface area contributed by atoms with E-state index >= 15 is 0 Å². The molecule has 1 N–H and O–H groups in total. The van der Waals surface area contributed by atoms with Crippen molar-refractivity contribution in [2.75, 3.05) is 20.2 Å². The summed E-state index contributed by atoms with van der Waals surface area (Å²) in [5, 5.41) is 4.58. The van der Waals surface area contributed by atoms with Gasteiger partial charge in [-0.05, 0) is 61.1 Å². The highest BCUT2D eigenvalue weighted by molar-refractivity contribution is 5.88. The lowest BCUT2D eigenvalue weighted by atomic mass is 9.84. The third-order valence-corrected chi connectivity index (χ3v) is 4.70. The highest BCUT2D eigenvalue weighted by Crippen LogP contribution is 2.26. The minimum atomic E-state index is 0.572. The molecular weight excluding hydrogens is 284 g/mol. The SMILES string of the molecule is C=C[C@H]1CNCC[C@H]1C/C=C\c1ccnc2ccc(OC)cc12. The van der Waals surface area contributed by atoms with Gasteiger partial charge in [-0.15, -0.1) is 6.58 Å². The average Bonchev–Trinajstić information content (AvgIpc) is 2.62. The number of nitrogens with one attached hydrogen (secondary N) is 1. The molecule has 3 nitrogen and oxygen atoms in total. The van der Waals surface area contributed by atoms with Gasteiger partial charge in [-0.2, -0.15) is 0 Å². The number of pyridine rings is 1. The lowest BCUT2D eigenvalue weighted by molar-refractivity contribution is 0.304. The number of ether oxygens (including phenoxy) is 1. The van der Waals surface area contributed by atoms with Gasteiger partial charge in [0.15, 0.2) is 0 Å². The van der Waals surface area contributed by atoms with Crippen LogP contribution in [0.4, 0.5) is 0 Å². The fourth-order valence-electron chi connectivity index (χ4n) is 3.29. The van der Waals surface area contributed by atoms with Gasteiger partial charge in [-0.1, -0.05) is 18.2 Å². The van der Waals surface area contributed by atoms with E-state index < -0.39 is 0 Å². The third kappa shape index (κ3) is 3.62. The molecular formula is C20H24N2O. The van der Waals surface area contributed by atoms with Crippen LogP contribution in [0.2, 0.25) is 0 Å². The Kier molecular flexibility index (Phi) is 5.09. The maximum Gasteiger partial charge on any atom is 0.119 e. The van der Waals surface area contributed by atoms with Crippen LogP contribution in [0.3, 0.4) is 0 Å². The molecule has 1 aromatic heterocycles. The standard InChI is InChI=1S/C20H24N2O/c1-3-15-14-21-11-9-16(15)5-4-6-17-10-12-22-20-8-7-18(23-2)13-19(17)20/h3-4,6-8,10,12-13,15-16,21H,1,5,9,11,14H2,2H3/b6-4-/t15-,16+/m0/s1. The maximum absolute atomic E-state index is 5.34. The molecule has 1 fully saturated rings. The summed E-state index contributed by atoms with van der Waals surface area (Å²) < 4.78 is 5.34. The first kappa shape index (κ1) is 15.8. The smallest absolute Gasteiger partial charge is 0.119 e. The maximum atomic E-state index is 5.34. The van der Waals surface area contributed by atoms with Gasteiger partial charge >= 0.3 is 0 Å². The Hall–Kier alpha value is -2.13. The fourth-order valence-corrected chi connectivity index (χ4v) is 3.29. The van der Waals surface area contributed by atoms with E-state index in [0.29, 0.717) is 11.8 Å². The molecule has 0 saturated carbocycles. The van der Waals surface area contributed by atoms with Gasteiger partial charge in [-0.3, -0.25) is 4.98 Å². The summed E-state index contributed by atoms with van der Waals surface area (Å²) in [6.07, 6.45) is 10.8. The minimum absolute atomic E-state index is 0.572. The predicted molar refractivity (Wildman–Crippen MR) is 96.6 cm³/mol. The zero-order valence-corrected chi connectivity index (χ0v) is 13.7. The summed E-state index contributed by atoms with van der Waals surface area (Å²) in [5.74, 6) is 2.13. The van der Waals surface area contributed by atoms with Crippen molar-refractivity contribution in [2.45, 2.75) is 12.8 Å². The largest absolute Gasteiger partial charge is 0.497 e. The Labute approximate surface area is 138 Å². The molecule has 0 unspecified atom stereocenters. The van der Waals surface area contributed by atoms with Crippen LogP contribution in [0, 0.1) is 11.8 Å². The quantitative estimate of drug-likeness (QED) is 0.846.